The van der Waals surface area contributed by atoms with Crippen LogP contribution in [0.3, 0.4) is 0 Å². The first-order valence-electron chi connectivity index (χ1n) is 6.37. The van der Waals surface area contributed by atoms with E-state index in [0.717, 1.165) is 6.42 Å². The molecule has 1 saturated heterocycles. The molecule has 1 fully saturated rings. The van der Waals surface area contributed by atoms with Crippen LogP contribution in [0.4, 0.5) is 5.69 Å². The maximum absolute atomic E-state index is 12.6. The van der Waals surface area contributed by atoms with Crippen molar-refractivity contribution in [3.63, 3.8) is 0 Å². The van der Waals surface area contributed by atoms with Crippen molar-refractivity contribution in [2.24, 2.45) is 0 Å². The number of carbonyl (C=O) groups excluding carboxylic acids is 1. The smallest absolute Gasteiger partial charge is 0.270 e. The number of hydrogen-bond acceptors (Lipinski definition) is 4. The fourth-order valence-electron chi connectivity index (χ4n) is 2.21. The quantitative estimate of drug-likeness (QED) is 0.625. The second kappa shape index (κ2) is 6.32. The zero-order valence-corrected chi connectivity index (χ0v) is 12.6. The number of carbonyl (C=O) groups is 1. The highest BCUT2D eigenvalue weighted by Gasteiger charge is 2.28. The molecule has 1 unspecified atom stereocenters. The van der Waals surface area contributed by atoms with Crippen molar-refractivity contribution in [2.75, 3.05) is 19.8 Å². The molecule has 0 aromatic heterocycles. The largest absolute Gasteiger partial charge is 0.377 e. The summed E-state index contributed by atoms with van der Waals surface area (Å²) in [4.78, 5) is 24.6. The highest BCUT2D eigenvalue weighted by Crippen LogP contribution is 2.25. The van der Waals surface area contributed by atoms with Gasteiger partial charge in [0.2, 0.25) is 0 Å². The number of hydrogen-bond donors (Lipinski definition) is 0. The number of non-ortho nitro benzene ring substituents is 1. The second-order valence-electron chi connectivity index (χ2n) is 4.56. The minimum absolute atomic E-state index is 0.0161. The molecule has 108 valence electrons. The lowest BCUT2D eigenvalue weighted by Crippen LogP contribution is -2.48. The van der Waals surface area contributed by atoms with E-state index in [2.05, 4.69) is 15.9 Å². The lowest BCUT2D eigenvalue weighted by atomic mass is 10.1. The van der Waals surface area contributed by atoms with Gasteiger partial charge in [0.1, 0.15) is 0 Å². The average molecular weight is 343 g/mol. The zero-order chi connectivity index (χ0) is 14.7. The minimum atomic E-state index is -0.500. The van der Waals surface area contributed by atoms with E-state index in [1.807, 2.05) is 6.92 Å². The monoisotopic (exact) mass is 342 g/mol. The van der Waals surface area contributed by atoms with Crippen molar-refractivity contribution in [1.29, 1.82) is 0 Å². The number of nitro groups is 1. The molecule has 0 aliphatic carbocycles. The number of nitrogens with zero attached hydrogens (tertiary/aromatic N) is 2. The van der Waals surface area contributed by atoms with Crippen LogP contribution in [-0.2, 0) is 4.74 Å². The Bertz CT molecular complexity index is 535. The van der Waals surface area contributed by atoms with Gasteiger partial charge in [-0.05, 0) is 28.4 Å². The SMILES string of the molecule is CCC1COCCN1C(=O)c1cc([N+](=O)[O-])ccc1Br. The maximum atomic E-state index is 12.6. The molecule has 6 nitrogen and oxygen atoms in total. The summed E-state index contributed by atoms with van der Waals surface area (Å²) < 4.78 is 5.93. The summed E-state index contributed by atoms with van der Waals surface area (Å²) in [5.74, 6) is -0.198. The Balaban J connectivity index is 2.32. The highest BCUT2D eigenvalue weighted by atomic mass is 79.9. The van der Waals surface area contributed by atoms with Crippen LogP contribution in [0, 0.1) is 10.1 Å². The first-order chi connectivity index (χ1) is 9.54. The zero-order valence-electron chi connectivity index (χ0n) is 11.0. The highest BCUT2D eigenvalue weighted by molar-refractivity contribution is 9.10. The number of halogens is 1. The number of ether oxygens (including phenoxy) is 1. The second-order valence-corrected chi connectivity index (χ2v) is 5.41. The molecule has 1 amide bonds. The van der Waals surface area contributed by atoms with Gasteiger partial charge < -0.3 is 9.64 Å². The Morgan fingerprint density at radius 3 is 3.00 bits per heavy atom. The molecule has 7 heteroatoms. The molecule has 0 spiro atoms. The molecule has 1 atom stereocenters. The van der Waals surface area contributed by atoms with Crippen LogP contribution in [0.25, 0.3) is 0 Å². The Morgan fingerprint density at radius 1 is 1.60 bits per heavy atom. The summed E-state index contributed by atoms with van der Waals surface area (Å²) in [5.41, 5.74) is 0.234. The molecule has 0 saturated carbocycles. The fourth-order valence-corrected chi connectivity index (χ4v) is 2.62. The molecule has 1 aromatic rings. The van der Waals surface area contributed by atoms with Crippen LogP contribution < -0.4 is 0 Å². The van der Waals surface area contributed by atoms with E-state index < -0.39 is 4.92 Å². The van der Waals surface area contributed by atoms with Gasteiger partial charge in [-0.25, -0.2) is 0 Å². The molecule has 0 radical (unpaired) electrons. The summed E-state index contributed by atoms with van der Waals surface area (Å²) >= 11 is 3.29. The Labute approximate surface area is 125 Å². The topological polar surface area (TPSA) is 72.7 Å². The van der Waals surface area contributed by atoms with Gasteiger partial charge in [0.15, 0.2) is 0 Å². The summed E-state index contributed by atoms with van der Waals surface area (Å²) in [7, 11) is 0. The predicted molar refractivity (Wildman–Crippen MR) is 76.7 cm³/mol. The third-order valence-corrected chi connectivity index (χ3v) is 4.04. The third-order valence-electron chi connectivity index (χ3n) is 3.35. The number of nitro benzene ring substituents is 1. The summed E-state index contributed by atoms with van der Waals surface area (Å²) in [5, 5.41) is 10.8. The van der Waals surface area contributed by atoms with Gasteiger partial charge in [-0.2, -0.15) is 0 Å². The van der Waals surface area contributed by atoms with Crippen LogP contribution in [0.15, 0.2) is 22.7 Å². The van der Waals surface area contributed by atoms with Gasteiger partial charge in [0.25, 0.3) is 11.6 Å². The van der Waals surface area contributed by atoms with Crippen molar-refractivity contribution in [2.45, 2.75) is 19.4 Å². The van der Waals surface area contributed by atoms with E-state index in [-0.39, 0.29) is 17.6 Å². The van der Waals surface area contributed by atoms with Crippen molar-refractivity contribution in [3.8, 4) is 0 Å². The standard InChI is InChI=1S/C13H15BrN2O4/c1-2-9-8-20-6-5-15(9)13(17)11-7-10(16(18)19)3-4-12(11)14/h3-4,7,9H,2,5-6,8H2,1H3. The van der Waals surface area contributed by atoms with Crippen LogP contribution in [0.2, 0.25) is 0 Å². The Kier molecular flexibility index (Phi) is 4.72. The van der Waals surface area contributed by atoms with Crippen LogP contribution in [0.5, 0.6) is 0 Å². The first kappa shape index (κ1) is 14.9. The molecule has 2 rings (SSSR count). The molecular weight excluding hydrogens is 328 g/mol. The maximum Gasteiger partial charge on any atom is 0.270 e. The van der Waals surface area contributed by atoms with Gasteiger partial charge in [-0.15, -0.1) is 0 Å². The van der Waals surface area contributed by atoms with E-state index in [0.29, 0.717) is 29.8 Å². The van der Waals surface area contributed by atoms with E-state index in [1.165, 1.54) is 18.2 Å². The van der Waals surface area contributed by atoms with Gasteiger partial charge in [0.05, 0.1) is 29.7 Å². The molecule has 0 bridgehead atoms. The summed E-state index contributed by atoms with van der Waals surface area (Å²) in [6.45, 7) is 3.50. The van der Waals surface area contributed by atoms with Crippen molar-refractivity contribution < 1.29 is 14.5 Å². The molecule has 1 aliphatic rings. The first-order valence-corrected chi connectivity index (χ1v) is 7.16. The molecule has 20 heavy (non-hydrogen) atoms. The van der Waals surface area contributed by atoms with Crippen LogP contribution >= 0.6 is 15.9 Å². The molecule has 1 aliphatic heterocycles. The number of benzene rings is 1. The van der Waals surface area contributed by atoms with Crippen molar-refractivity contribution in [3.05, 3.63) is 38.3 Å². The lowest BCUT2D eigenvalue weighted by Gasteiger charge is -2.35. The number of rotatable bonds is 3. The van der Waals surface area contributed by atoms with Crippen molar-refractivity contribution >= 4 is 27.5 Å². The third kappa shape index (κ3) is 2.99. The predicted octanol–water partition coefficient (Wildman–Crippen LogP) is 2.61. The summed E-state index contributed by atoms with van der Waals surface area (Å²) in [6.07, 6.45) is 0.790. The van der Waals surface area contributed by atoms with E-state index in [4.69, 9.17) is 4.74 Å². The Morgan fingerprint density at radius 2 is 2.35 bits per heavy atom. The van der Waals surface area contributed by atoms with E-state index in [9.17, 15) is 14.9 Å². The van der Waals surface area contributed by atoms with Crippen LogP contribution in [-0.4, -0.2) is 41.5 Å². The van der Waals surface area contributed by atoms with Gasteiger partial charge in [-0.3, -0.25) is 14.9 Å². The van der Waals surface area contributed by atoms with Crippen LogP contribution in [0.1, 0.15) is 23.7 Å². The molecule has 1 heterocycles. The fraction of sp³-hybridized carbons (Fsp3) is 0.462. The molecule has 0 N–H and O–H groups in total. The average Bonchev–Trinajstić information content (AvgIpc) is 2.46. The summed E-state index contributed by atoms with van der Waals surface area (Å²) in [6, 6.07) is 4.24. The van der Waals surface area contributed by atoms with Crippen molar-refractivity contribution in [1.82, 2.24) is 4.90 Å². The number of amides is 1. The molecule has 1 aromatic carbocycles. The minimum Gasteiger partial charge on any atom is -0.377 e. The number of morpholine rings is 1. The lowest BCUT2D eigenvalue weighted by molar-refractivity contribution is -0.384. The normalized spacial score (nSPS) is 18.9. The van der Waals surface area contributed by atoms with Gasteiger partial charge >= 0.3 is 0 Å². The van der Waals surface area contributed by atoms with E-state index >= 15 is 0 Å². The Hall–Kier alpha value is -1.47. The van der Waals surface area contributed by atoms with E-state index in [1.54, 1.807) is 4.90 Å². The molecular formula is C13H15BrN2O4. The van der Waals surface area contributed by atoms with Gasteiger partial charge in [0, 0.05) is 23.2 Å². The van der Waals surface area contributed by atoms with Gasteiger partial charge in [-0.1, -0.05) is 6.92 Å².